The SMILES string of the molecule is CC(C)n1cc(C#N)c(NC(=O)c2cnc(OCC3CC3)cn2)n1. The molecule has 0 saturated heterocycles. The van der Waals surface area contributed by atoms with Gasteiger partial charge in [-0.2, -0.15) is 10.4 Å². The van der Waals surface area contributed by atoms with Crippen LogP contribution in [0.4, 0.5) is 5.82 Å². The van der Waals surface area contributed by atoms with Crippen molar-refractivity contribution in [2.75, 3.05) is 11.9 Å². The van der Waals surface area contributed by atoms with E-state index in [-0.39, 0.29) is 17.6 Å². The molecule has 0 spiro atoms. The number of rotatable bonds is 6. The van der Waals surface area contributed by atoms with E-state index in [0.29, 0.717) is 24.0 Å². The highest BCUT2D eigenvalue weighted by atomic mass is 16.5. The van der Waals surface area contributed by atoms with Crippen LogP contribution in [0.3, 0.4) is 0 Å². The minimum absolute atomic E-state index is 0.0884. The lowest BCUT2D eigenvalue weighted by Crippen LogP contribution is -2.15. The molecule has 0 aliphatic heterocycles. The summed E-state index contributed by atoms with van der Waals surface area (Å²) < 4.78 is 7.10. The Morgan fingerprint density at radius 3 is 2.83 bits per heavy atom. The van der Waals surface area contributed by atoms with E-state index in [2.05, 4.69) is 20.4 Å². The first kappa shape index (κ1) is 15.9. The summed E-state index contributed by atoms with van der Waals surface area (Å²) in [5.74, 6) is 0.768. The second-order valence-electron chi connectivity index (χ2n) is 6.03. The number of carbonyl (C=O) groups excluding carboxylic acids is 1. The van der Waals surface area contributed by atoms with Crippen LogP contribution < -0.4 is 10.1 Å². The largest absolute Gasteiger partial charge is 0.476 e. The maximum absolute atomic E-state index is 12.2. The lowest BCUT2D eigenvalue weighted by molar-refractivity contribution is 0.102. The minimum Gasteiger partial charge on any atom is -0.476 e. The lowest BCUT2D eigenvalue weighted by atomic mass is 10.3. The third-order valence-electron chi connectivity index (χ3n) is 3.64. The first-order valence-electron chi connectivity index (χ1n) is 7.82. The summed E-state index contributed by atoms with van der Waals surface area (Å²) >= 11 is 0. The van der Waals surface area contributed by atoms with Crippen LogP contribution in [0.1, 0.15) is 48.8 Å². The second-order valence-corrected chi connectivity index (χ2v) is 6.03. The Morgan fingerprint density at radius 2 is 2.25 bits per heavy atom. The number of amides is 1. The molecule has 124 valence electrons. The molecular formula is C16H18N6O2. The van der Waals surface area contributed by atoms with Crippen LogP contribution >= 0.6 is 0 Å². The molecule has 0 aromatic carbocycles. The van der Waals surface area contributed by atoms with Crippen molar-refractivity contribution in [3.8, 4) is 11.9 Å². The van der Waals surface area contributed by atoms with E-state index in [4.69, 9.17) is 10.00 Å². The smallest absolute Gasteiger partial charge is 0.277 e. The molecule has 0 bridgehead atoms. The third kappa shape index (κ3) is 3.68. The van der Waals surface area contributed by atoms with Crippen molar-refractivity contribution < 1.29 is 9.53 Å². The van der Waals surface area contributed by atoms with Gasteiger partial charge in [0.15, 0.2) is 5.82 Å². The molecule has 1 fully saturated rings. The normalized spacial score (nSPS) is 13.6. The summed E-state index contributed by atoms with van der Waals surface area (Å²) in [5.41, 5.74) is 0.436. The van der Waals surface area contributed by atoms with E-state index in [0.717, 1.165) is 0 Å². The predicted octanol–water partition coefficient (Wildman–Crippen LogP) is 2.17. The maximum atomic E-state index is 12.2. The number of carbonyl (C=O) groups is 1. The van der Waals surface area contributed by atoms with Crippen LogP contribution in [0.2, 0.25) is 0 Å². The molecule has 2 aromatic rings. The Morgan fingerprint density at radius 1 is 1.46 bits per heavy atom. The zero-order valence-corrected chi connectivity index (χ0v) is 13.6. The van der Waals surface area contributed by atoms with Gasteiger partial charge in [-0.1, -0.05) is 0 Å². The first-order valence-corrected chi connectivity index (χ1v) is 7.82. The van der Waals surface area contributed by atoms with Gasteiger partial charge in [-0.3, -0.25) is 9.48 Å². The third-order valence-corrected chi connectivity index (χ3v) is 3.64. The Balaban J connectivity index is 1.67. The van der Waals surface area contributed by atoms with Gasteiger partial charge in [-0.05, 0) is 32.6 Å². The number of nitriles is 1. The number of hydrogen-bond acceptors (Lipinski definition) is 6. The molecule has 1 saturated carbocycles. The summed E-state index contributed by atoms with van der Waals surface area (Å²) in [7, 11) is 0. The number of nitrogens with one attached hydrogen (secondary N) is 1. The molecule has 8 nitrogen and oxygen atoms in total. The Bertz CT molecular complexity index is 771. The molecule has 1 amide bonds. The van der Waals surface area contributed by atoms with Crippen molar-refractivity contribution in [2.45, 2.75) is 32.7 Å². The van der Waals surface area contributed by atoms with Crippen LogP contribution in [0, 0.1) is 17.2 Å². The molecule has 3 rings (SSSR count). The van der Waals surface area contributed by atoms with Crippen LogP contribution in [0.5, 0.6) is 5.88 Å². The van der Waals surface area contributed by atoms with Gasteiger partial charge in [0.05, 0.1) is 19.0 Å². The molecule has 2 heterocycles. The van der Waals surface area contributed by atoms with Crippen molar-refractivity contribution in [1.82, 2.24) is 19.7 Å². The number of ether oxygens (including phenoxy) is 1. The van der Waals surface area contributed by atoms with Crippen LogP contribution in [0.15, 0.2) is 18.6 Å². The topological polar surface area (TPSA) is 106 Å². The minimum atomic E-state index is -0.471. The van der Waals surface area contributed by atoms with Crippen molar-refractivity contribution in [2.24, 2.45) is 5.92 Å². The zero-order valence-electron chi connectivity index (χ0n) is 13.6. The molecule has 1 aliphatic carbocycles. The molecule has 2 aromatic heterocycles. The van der Waals surface area contributed by atoms with Crippen molar-refractivity contribution in [3.63, 3.8) is 0 Å². The van der Waals surface area contributed by atoms with Gasteiger partial charge in [0.1, 0.15) is 17.3 Å². The number of anilines is 1. The Labute approximate surface area is 139 Å². The molecule has 24 heavy (non-hydrogen) atoms. The molecule has 1 N–H and O–H groups in total. The molecular weight excluding hydrogens is 308 g/mol. The zero-order chi connectivity index (χ0) is 17.1. The average Bonchev–Trinajstić information content (AvgIpc) is 3.32. The van der Waals surface area contributed by atoms with Crippen LogP contribution in [-0.4, -0.2) is 32.3 Å². The summed E-state index contributed by atoms with van der Waals surface area (Å²) in [6.07, 6.45) is 6.76. The molecule has 8 heteroatoms. The maximum Gasteiger partial charge on any atom is 0.277 e. The monoisotopic (exact) mass is 326 g/mol. The molecule has 1 aliphatic rings. The van der Waals surface area contributed by atoms with E-state index in [9.17, 15) is 4.79 Å². The average molecular weight is 326 g/mol. The fraction of sp³-hybridized carbons (Fsp3) is 0.438. The lowest BCUT2D eigenvalue weighted by Gasteiger charge is -2.05. The standard InChI is InChI=1S/C16H18N6O2/c1-10(2)22-8-12(5-17)15(21-22)20-16(23)13-6-19-14(7-18-13)24-9-11-3-4-11/h6-8,10-11H,3-4,9H2,1-2H3,(H,20,21,23). The summed E-state index contributed by atoms with van der Waals surface area (Å²) in [6.45, 7) is 4.51. The Hall–Kier alpha value is -2.95. The van der Waals surface area contributed by atoms with E-state index >= 15 is 0 Å². The number of aromatic nitrogens is 4. The van der Waals surface area contributed by atoms with Gasteiger partial charge >= 0.3 is 0 Å². The quantitative estimate of drug-likeness (QED) is 0.872. The van der Waals surface area contributed by atoms with Crippen LogP contribution in [0.25, 0.3) is 0 Å². The molecule has 0 radical (unpaired) electrons. The van der Waals surface area contributed by atoms with Gasteiger partial charge in [0, 0.05) is 12.2 Å². The summed E-state index contributed by atoms with van der Waals surface area (Å²) in [4.78, 5) is 20.4. The fourth-order valence-electron chi connectivity index (χ4n) is 2.00. The van der Waals surface area contributed by atoms with Crippen molar-refractivity contribution >= 4 is 11.7 Å². The molecule has 0 atom stereocenters. The van der Waals surface area contributed by atoms with Gasteiger partial charge < -0.3 is 10.1 Å². The molecule has 0 unspecified atom stereocenters. The highest BCUT2D eigenvalue weighted by Crippen LogP contribution is 2.29. The Kier molecular flexibility index (Phi) is 4.42. The highest BCUT2D eigenvalue weighted by Gasteiger charge is 2.22. The van der Waals surface area contributed by atoms with Gasteiger partial charge in [-0.15, -0.1) is 0 Å². The van der Waals surface area contributed by atoms with Crippen molar-refractivity contribution in [3.05, 3.63) is 29.8 Å². The second kappa shape index (κ2) is 6.66. The van der Waals surface area contributed by atoms with Gasteiger partial charge in [0.25, 0.3) is 5.91 Å². The van der Waals surface area contributed by atoms with Gasteiger partial charge in [-0.25, -0.2) is 9.97 Å². The number of hydrogen-bond donors (Lipinski definition) is 1. The summed E-state index contributed by atoms with van der Waals surface area (Å²) in [6, 6.07) is 2.10. The predicted molar refractivity (Wildman–Crippen MR) is 85.5 cm³/mol. The first-order chi connectivity index (χ1) is 11.6. The van der Waals surface area contributed by atoms with Crippen molar-refractivity contribution in [1.29, 1.82) is 5.26 Å². The van der Waals surface area contributed by atoms with E-state index < -0.39 is 5.91 Å². The highest BCUT2D eigenvalue weighted by molar-refractivity contribution is 6.02. The number of nitrogens with zero attached hydrogens (tertiary/aromatic N) is 5. The van der Waals surface area contributed by atoms with E-state index in [1.54, 1.807) is 10.9 Å². The summed E-state index contributed by atoms with van der Waals surface area (Å²) in [5, 5.41) is 15.9. The van der Waals surface area contributed by atoms with E-state index in [1.165, 1.54) is 25.2 Å². The van der Waals surface area contributed by atoms with E-state index in [1.807, 2.05) is 19.9 Å². The fourth-order valence-corrected chi connectivity index (χ4v) is 2.00. The van der Waals surface area contributed by atoms with Gasteiger partial charge in [0.2, 0.25) is 5.88 Å². The van der Waals surface area contributed by atoms with Crippen LogP contribution in [-0.2, 0) is 0 Å².